The second kappa shape index (κ2) is 11.4. The van der Waals surface area contributed by atoms with Gasteiger partial charge in [-0.15, -0.1) is 0 Å². The molecule has 3 aromatic heterocycles. The Kier molecular flexibility index (Phi) is 7.74. The maximum Gasteiger partial charge on any atom is 0.226 e. The average molecular weight is 539 g/mol. The van der Waals surface area contributed by atoms with Gasteiger partial charge in [-0.1, -0.05) is 37.3 Å². The van der Waals surface area contributed by atoms with Crippen LogP contribution in [0, 0.1) is 20.8 Å². The van der Waals surface area contributed by atoms with Gasteiger partial charge in [0, 0.05) is 42.4 Å². The summed E-state index contributed by atoms with van der Waals surface area (Å²) in [5.41, 5.74) is 7.33. The molecule has 1 fully saturated rings. The van der Waals surface area contributed by atoms with Crippen molar-refractivity contribution in [2.24, 2.45) is 0 Å². The first-order valence-corrected chi connectivity index (χ1v) is 13.8. The van der Waals surface area contributed by atoms with Crippen LogP contribution in [0.5, 0.6) is 0 Å². The first-order chi connectivity index (χ1) is 18.9. The minimum atomic E-state index is -0.150. The molecule has 0 bridgehead atoms. The van der Waals surface area contributed by atoms with Gasteiger partial charge in [0.25, 0.3) is 0 Å². The molecule has 4 heterocycles. The molecule has 0 aliphatic carbocycles. The van der Waals surface area contributed by atoms with E-state index in [1.54, 1.807) is 6.20 Å². The predicted molar refractivity (Wildman–Crippen MR) is 159 cm³/mol. The van der Waals surface area contributed by atoms with Crippen LogP contribution in [-0.4, -0.2) is 37.0 Å². The lowest BCUT2D eigenvalue weighted by Crippen LogP contribution is -2.33. The fourth-order valence-electron chi connectivity index (χ4n) is 5.40. The van der Waals surface area contributed by atoms with Gasteiger partial charge in [-0.05, 0) is 86.4 Å². The number of amides is 1. The Bertz CT molecular complexity index is 1480. The summed E-state index contributed by atoms with van der Waals surface area (Å²) in [4.78, 5) is 24.5. The molecule has 0 radical (unpaired) electrons. The third-order valence-corrected chi connectivity index (χ3v) is 7.72. The number of pyridine rings is 2. The molecular formula is C31H34N6OS. The molecule has 1 aliphatic heterocycles. The number of nitrogens with one attached hydrogen (secondary N) is 2. The van der Waals surface area contributed by atoms with Crippen molar-refractivity contribution >= 4 is 28.9 Å². The number of carbonyl (C=O) groups excluding carboxylic acids is 1. The van der Waals surface area contributed by atoms with E-state index in [2.05, 4.69) is 63.0 Å². The number of aromatic nitrogens is 3. The third kappa shape index (κ3) is 5.43. The number of anilines is 1. The summed E-state index contributed by atoms with van der Waals surface area (Å²) in [6.45, 7) is 8.82. The molecular weight excluding hydrogens is 504 g/mol. The van der Waals surface area contributed by atoms with Crippen LogP contribution in [0.4, 0.5) is 5.69 Å². The highest BCUT2D eigenvalue weighted by molar-refractivity contribution is 7.80. The zero-order valence-electron chi connectivity index (χ0n) is 22.8. The smallest absolute Gasteiger partial charge is 0.226 e. The molecule has 5 rings (SSSR count). The first-order valence-electron chi connectivity index (χ1n) is 13.3. The summed E-state index contributed by atoms with van der Waals surface area (Å²) in [5.74, 6) is 0.846. The van der Waals surface area contributed by atoms with Crippen molar-refractivity contribution in [3.8, 4) is 5.82 Å². The summed E-state index contributed by atoms with van der Waals surface area (Å²) in [6, 6.07) is 19.9. The largest absolute Gasteiger partial charge is 0.352 e. The number of para-hydroxylation sites is 1. The van der Waals surface area contributed by atoms with Crippen LogP contribution in [0.25, 0.3) is 5.82 Å². The molecule has 1 aliphatic rings. The number of nitrogens with zero attached hydrogens (tertiary/aromatic N) is 4. The van der Waals surface area contributed by atoms with E-state index in [1.165, 1.54) is 0 Å². The fourth-order valence-corrected chi connectivity index (χ4v) is 5.73. The molecule has 2 N–H and O–H groups in total. The summed E-state index contributed by atoms with van der Waals surface area (Å²) in [5, 5.41) is 7.22. The maximum absolute atomic E-state index is 13.1. The second-order valence-electron chi connectivity index (χ2n) is 9.98. The van der Waals surface area contributed by atoms with Crippen molar-refractivity contribution in [3.05, 3.63) is 107 Å². The van der Waals surface area contributed by atoms with E-state index in [9.17, 15) is 4.79 Å². The summed E-state index contributed by atoms with van der Waals surface area (Å²) >= 11 is 5.84. The zero-order valence-corrected chi connectivity index (χ0v) is 23.6. The molecule has 0 saturated carbocycles. The first kappa shape index (κ1) is 26.6. The van der Waals surface area contributed by atoms with Crippen molar-refractivity contribution in [1.29, 1.82) is 0 Å². The highest BCUT2D eigenvalue weighted by Gasteiger charge is 2.41. The minimum Gasteiger partial charge on any atom is -0.352 e. The van der Waals surface area contributed by atoms with Gasteiger partial charge in [0.2, 0.25) is 5.91 Å². The van der Waals surface area contributed by atoms with Gasteiger partial charge in [0.15, 0.2) is 5.11 Å². The van der Waals surface area contributed by atoms with Gasteiger partial charge in [-0.2, -0.15) is 0 Å². The third-order valence-electron chi connectivity index (χ3n) is 7.36. The number of carbonyl (C=O) groups is 1. The van der Waals surface area contributed by atoms with Crippen LogP contribution < -0.4 is 10.6 Å². The fraction of sp³-hybridized carbons (Fsp3) is 0.290. The Labute approximate surface area is 235 Å². The Hall–Kier alpha value is -4.04. The van der Waals surface area contributed by atoms with E-state index in [0.717, 1.165) is 51.7 Å². The molecule has 39 heavy (non-hydrogen) atoms. The quantitative estimate of drug-likeness (QED) is 0.278. The van der Waals surface area contributed by atoms with Crippen molar-refractivity contribution in [2.75, 3.05) is 11.9 Å². The summed E-state index contributed by atoms with van der Waals surface area (Å²) in [7, 11) is 0. The zero-order chi connectivity index (χ0) is 27.5. The Morgan fingerprint density at radius 3 is 2.56 bits per heavy atom. The molecule has 0 unspecified atom stereocenters. The van der Waals surface area contributed by atoms with Gasteiger partial charge in [0.05, 0.1) is 17.8 Å². The van der Waals surface area contributed by atoms with Crippen LogP contribution in [0.15, 0.2) is 73.1 Å². The SMILES string of the molecule is CCc1ccccc1NC(=O)CCN1C(=S)N[C@H](c2ccccn2)[C@H]1c1cc(C)n(-c2ccc(C)cn2)c1C. The van der Waals surface area contributed by atoms with E-state index in [-0.39, 0.29) is 18.0 Å². The topological polar surface area (TPSA) is 75.1 Å². The van der Waals surface area contributed by atoms with Gasteiger partial charge >= 0.3 is 0 Å². The minimum absolute atomic E-state index is 0.0342. The average Bonchev–Trinajstić information content (AvgIpc) is 3.43. The highest BCUT2D eigenvalue weighted by atomic mass is 32.1. The number of hydrogen-bond acceptors (Lipinski definition) is 4. The van der Waals surface area contributed by atoms with Crippen molar-refractivity contribution < 1.29 is 4.79 Å². The Morgan fingerprint density at radius 2 is 1.85 bits per heavy atom. The summed E-state index contributed by atoms with van der Waals surface area (Å²) in [6.07, 6.45) is 4.86. The van der Waals surface area contributed by atoms with Gasteiger partial charge in [-0.3, -0.25) is 9.78 Å². The highest BCUT2D eigenvalue weighted by Crippen LogP contribution is 2.41. The van der Waals surface area contributed by atoms with Gasteiger partial charge in [-0.25, -0.2) is 4.98 Å². The van der Waals surface area contributed by atoms with E-state index in [0.29, 0.717) is 18.1 Å². The van der Waals surface area contributed by atoms with E-state index in [4.69, 9.17) is 12.2 Å². The lowest BCUT2D eigenvalue weighted by molar-refractivity contribution is -0.116. The van der Waals surface area contributed by atoms with E-state index >= 15 is 0 Å². The lowest BCUT2D eigenvalue weighted by Gasteiger charge is -2.28. The summed E-state index contributed by atoms with van der Waals surface area (Å²) < 4.78 is 2.18. The normalized spacial score (nSPS) is 16.8. The monoisotopic (exact) mass is 538 g/mol. The van der Waals surface area contributed by atoms with Crippen molar-refractivity contribution in [1.82, 2.24) is 24.8 Å². The molecule has 2 atom stereocenters. The van der Waals surface area contributed by atoms with Crippen LogP contribution in [0.2, 0.25) is 0 Å². The number of hydrogen-bond donors (Lipinski definition) is 2. The number of thiocarbonyl (C=S) groups is 1. The number of rotatable bonds is 8. The second-order valence-corrected chi connectivity index (χ2v) is 10.4. The standard InChI is InChI=1S/C31H34N6OS/c1-5-23-10-6-7-11-25(23)34-28(38)15-17-36-30(29(35-31(36)39)26-12-8-9-16-32-26)24-18-21(3)37(22(24)4)27-14-13-20(2)19-33-27/h6-14,16,18-19,29-30H,5,15,17H2,1-4H3,(H,34,38)(H,35,39)/t29-,30-/m1/s1. The lowest BCUT2D eigenvalue weighted by atomic mass is 9.96. The molecule has 200 valence electrons. The van der Waals surface area contributed by atoms with Gasteiger partial charge < -0.3 is 20.1 Å². The molecule has 8 heteroatoms. The molecule has 0 spiro atoms. The number of aryl methyl sites for hydroxylation is 3. The van der Waals surface area contributed by atoms with Crippen LogP contribution in [-0.2, 0) is 11.2 Å². The molecule has 1 amide bonds. The van der Waals surface area contributed by atoms with Crippen molar-refractivity contribution in [3.63, 3.8) is 0 Å². The van der Waals surface area contributed by atoms with Crippen LogP contribution in [0.1, 0.15) is 59.2 Å². The van der Waals surface area contributed by atoms with Crippen LogP contribution in [0.3, 0.4) is 0 Å². The molecule has 4 aromatic rings. The molecule has 1 saturated heterocycles. The Morgan fingerprint density at radius 1 is 1.05 bits per heavy atom. The van der Waals surface area contributed by atoms with Crippen molar-refractivity contribution in [2.45, 2.75) is 52.6 Å². The predicted octanol–water partition coefficient (Wildman–Crippen LogP) is 5.76. The van der Waals surface area contributed by atoms with Gasteiger partial charge in [0.1, 0.15) is 5.82 Å². The van der Waals surface area contributed by atoms with E-state index in [1.807, 2.05) is 61.7 Å². The molecule has 7 nitrogen and oxygen atoms in total. The number of benzene rings is 1. The Balaban J connectivity index is 1.46. The molecule has 1 aromatic carbocycles. The maximum atomic E-state index is 13.1. The van der Waals surface area contributed by atoms with E-state index < -0.39 is 0 Å². The van der Waals surface area contributed by atoms with Crippen LogP contribution >= 0.6 is 12.2 Å².